The van der Waals surface area contributed by atoms with Crippen LogP contribution in [0.5, 0.6) is 0 Å². The van der Waals surface area contributed by atoms with E-state index in [1.54, 1.807) is 6.20 Å². The molecule has 0 saturated heterocycles. The van der Waals surface area contributed by atoms with Gasteiger partial charge >= 0.3 is 0 Å². The summed E-state index contributed by atoms with van der Waals surface area (Å²) in [6.45, 7) is 10.1. The summed E-state index contributed by atoms with van der Waals surface area (Å²) in [6, 6.07) is 8.12. The molecule has 2 N–H and O–H groups in total. The van der Waals surface area contributed by atoms with Crippen molar-refractivity contribution in [2.24, 2.45) is 0 Å². The van der Waals surface area contributed by atoms with Gasteiger partial charge in [0.1, 0.15) is 5.82 Å². The van der Waals surface area contributed by atoms with Gasteiger partial charge in [-0.3, -0.25) is 0 Å². The number of rotatable bonds is 0. The van der Waals surface area contributed by atoms with Gasteiger partial charge < -0.3 is 5.73 Å². The third-order valence-electron chi connectivity index (χ3n) is 1.95. The average molecular weight is 218 g/mol. The molecular weight excluding hydrogens is 196 g/mol. The molecule has 0 aliphatic rings. The number of nitrogens with two attached hydrogens (primary N) is 1. The van der Waals surface area contributed by atoms with Crippen LogP contribution in [0.2, 0.25) is 0 Å². The highest BCUT2D eigenvalue weighted by Gasteiger charge is 1.96. The van der Waals surface area contributed by atoms with Crippen LogP contribution < -0.4 is 5.73 Å². The fourth-order valence-corrected chi connectivity index (χ4v) is 1.32. The predicted molar refractivity (Wildman–Crippen MR) is 73.6 cm³/mol. The molecule has 0 bridgehead atoms. The van der Waals surface area contributed by atoms with Gasteiger partial charge in [0.05, 0.1) is 0 Å². The Hall–Kier alpha value is -1.57. The van der Waals surface area contributed by atoms with Gasteiger partial charge in [0.25, 0.3) is 0 Å². The van der Waals surface area contributed by atoms with E-state index in [-0.39, 0.29) is 0 Å². The third-order valence-corrected chi connectivity index (χ3v) is 1.95. The third kappa shape index (κ3) is 3.54. The molecule has 1 heterocycles. The quantitative estimate of drug-likeness (QED) is 0.720. The highest BCUT2D eigenvalue weighted by atomic mass is 14.8. The summed E-state index contributed by atoms with van der Waals surface area (Å²) >= 11 is 0. The van der Waals surface area contributed by atoms with Crippen molar-refractivity contribution in [2.45, 2.75) is 34.6 Å². The number of pyridine rings is 1. The van der Waals surface area contributed by atoms with Gasteiger partial charge in [0.15, 0.2) is 0 Å². The van der Waals surface area contributed by atoms with Crippen LogP contribution in [-0.4, -0.2) is 4.98 Å². The van der Waals surface area contributed by atoms with Crippen molar-refractivity contribution in [3.8, 4) is 0 Å². The van der Waals surface area contributed by atoms with Crippen LogP contribution in [0.3, 0.4) is 0 Å². The van der Waals surface area contributed by atoms with Gasteiger partial charge in [-0.15, -0.1) is 0 Å². The Balaban J connectivity index is 0.000000509. The Labute approximate surface area is 98.5 Å². The van der Waals surface area contributed by atoms with Crippen molar-refractivity contribution in [3.63, 3.8) is 0 Å². The minimum Gasteiger partial charge on any atom is -0.383 e. The Morgan fingerprint density at radius 3 is 2.25 bits per heavy atom. The molecular formula is C14H22N2. The first-order valence-electron chi connectivity index (χ1n) is 5.88. The van der Waals surface area contributed by atoms with E-state index in [9.17, 15) is 0 Å². The molecule has 2 rings (SSSR count). The summed E-state index contributed by atoms with van der Waals surface area (Å²) in [7, 11) is 0. The molecule has 88 valence electrons. The molecule has 2 aromatic rings. The van der Waals surface area contributed by atoms with Crippen molar-refractivity contribution >= 4 is 16.6 Å². The Kier molecular flexibility index (Phi) is 6.93. The van der Waals surface area contributed by atoms with Gasteiger partial charge in [-0.2, -0.15) is 0 Å². The van der Waals surface area contributed by atoms with E-state index in [1.807, 2.05) is 45.9 Å². The van der Waals surface area contributed by atoms with Crippen LogP contribution in [0.1, 0.15) is 33.3 Å². The number of nitrogen functional groups attached to an aromatic ring is 1. The van der Waals surface area contributed by atoms with E-state index in [4.69, 9.17) is 5.73 Å². The molecule has 0 atom stereocenters. The van der Waals surface area contributed by atoms with E-state index in [2.05, 4.69) is 18.0 Å². The zero-order valence-electron chi connectivity index (χ0n) is 10.9. The van der Waals surface area contributed by atoms with Crippen LogP contribution in [0.15, 0.2) is 30.5 Å². The smallest absolute Gasteiger partial charge is 0.131 e. The molecule has 0 saturated carbocycles. The van der Waals surface area contributed by atoms with Crippen LogP contribution in [0.4, 0.5) is 5.82 Å². The molecule has 0 aliphatic heterocycles. The fourth-order valence-electron chi connectivity index (χ4n) is 1.32. The summed E-state index contributed by atoms with van der Waals surface area (Å²) in [5, 5.41) is 2.19. The Morgan fingerprint density at radius 1 is 1.00 bits per heavy atom. The van der Waals surface area contributed by atoms with Crippen molar-refractivity contribution in [2.75, 3.05) is 5.73 Å². The minimum atomic E-state index is 0.604. The number of nitrogens with zero attached hydrogens (tertiary/aromatic N) is 1. The van der Waals surface area contributed by atoms with Crippen molar-refractivity contribution in [1.29, 1.82) is 0 Å². The molecule has 0 unspecified atom stereocenters. The summed E-state index contributed by atoms with van der Waals surface area (Å²) in [5.74, 6) is 0.604. The first kappa shape index (κ1) is 14.4. The molecule has 2 heteroatoms. The first-order chi connectivity index (χ1) is 7.77. The molecule has 2 nitrogen and oxygen atoms in total. The highest BCUT2D eigenvalue weighted by molar-refractivity contribution is 5.91. The molecule has 0 spiro atoms. The van der Waals surface area contributed by atoms with Gasteiger partial charge in [-0.25, -0.2) is 4.98 Å². The maximum Gasteiger partial charge on any atom is 0.131 e. The zero-order valence-corrected chi connectivity index (χ0v) is 10.9. The monoisotopic (exact) mass is 218 g/mol. The van der Waals surface area contributed by atoms with Crippen molar-refractivity contribution in [3.05, 3.63) is 36.0 Å². The van der Waals surface area contributed by atoms with Gasteiger partial charge in [-0.1, -0.05) is 51.5 Å². The largest absolute Gasteiger partial charge is 0.383 e. The SMILES string of the molecule is CC.CC.Cc1ccc2c(N)nccc2c1. The van der Waals surface area contributed by atoms with Crippen molar-refractivity contribution < 1.29 is 0 Å². The first-order valence-corrected chi connectivity index (χ1v) is 5.88. The second-order valence-corrected chi connectivity index (χ2v) is 2.92. The number of hydrogen-bond donors (Lipinski definition) is 1. The van der Waals surface area contributed by atoms with Crippen LogP contribution in [0, 0.1) is 6.92 Å². The lowest BCUT2D eigenvalue weighted by molar-refractivity contribution is 1.36. The van der Waals surface area contributed by atoms with Gasteiger partial charge in [-0.05, 0) is 18.4 Å². The molecule has 0 radical (unpaired) electrons. The van der Waals surface area contributed by atoms with Gasteiger partial charge in [0, 0.05) is 11.6 Å². The number of hydrogen-bond acceptors (Lipinski definition) is 2. The fraction of sp³-hybridized carbons (Fsp3) is 0.357. The molecule has 0 fully saturated rings. The van der Waals surface area contributed by atoms with E-state index < -0.39 is 0 Å². The number of aromatic nitrogens is 1. The lowest BCUT2D eigenvalue weighted by Crippen LogP contribution is -1.90. The Morgan fingerprint density at radius 2 is 1.62 bits per heavy atom. The molecule has 16 heavy (non-hydrogen) atoms. The van der Waals surface area contributed by atoms with Gasteiger partial charge in [0.2, 0.25) is 0 Å². The maximum absolute atomic E-state index is 5.70. The van der Waals surface area contributed by atoms with Crippen molar-refractivity contribution in [1.82, 2.24) is 4.98 Å². The number of aryl methyl sites for hydroxylation is 1. The lowest BCUT2D eigenvalue weighted by Gasteiger charge is -2.00. The number of benzene rings is 1. The summed E-state index contributed by atoms with van der Waals surface area (Å²) in [6.07, 6.45) is 1.73. The van der Waals surface area contributed by atoms with E-state index in [1.165, 1.54) is 5.56 Å². The standard InChI is InChI=1S/C10H10N2.2C2H6/c1-7-2-3-9-8(6-7)4-5-12-10(9)11;2*1-2/h2-6H,1H3,(H2,11,12);2*1-2H3. The minimum absolute atomic E-state index is 0.604. The molecule has 0 amide bonds. The van der Waals surface area contributed by atoms with E-state index in [0.717, 1.165) is 10.8 Å². The van der Waals surface area contributed by atoms with Crippen LogP contribution in [0.25, 0.3) is 10.8 Å². The average Bonchev–Trinajstić information content (AvgIpc) is 2.34. The zero-order chi connectivity index (χ0) is 12.6. The second-order valence-electron chi connectivity index (χ2n) is 2.92. The molecule has 1 aromatic carbocycles. The summed E-state index contributed by atoms with van der Waals surface area (Å²) in [5.41, 5.74) is 6.94. The summed E-state index contributed by atoms with van der Waals surface area (Å²) in [4.78, 5) is 4.01. The topological polar surface area (TPSA) is 38.9 Å². The molecule has 0 aliphatic carbocycles. The highest BCUT2D eigenvalue weighted by Crippen LogP contribution is 2.19. The molecule has 1 aromatic heterocycles. The van der Waals surface area contributed by atoms with E-state index in [0.29, 0.717) is 5.82 Å². The van der Waals surface area contributed by atoms with Crippen LogP contribution in [-0.2, 0) is 0 Å². The lowest BCUT2D eigenvalue weighted by atomic mass is 10.1. The van der Waals surface area contributed by atoms with E-state index >= 15 is 0 Å². The Bertz CT molecular complexity index is 422. The number of fused-ring (bicyclic) bond motifs is 1. The number of anilines is 1. The second kappa shape index (κ2) is 7.69. The van der Waals surface area contributed by atoms with Crippen LogP contribution >= 0.6 is 0 Å². The maximum atomic E-state index is 5.70. The summed E-state index contributed by atoms with van der Waals surface area (Å²) < 4.78 is 0. The predicted octanol–water partition coefficient (Wildman–Crippen LogP) is 4.18. The normalized spacial score (nSPS) is 8.56.